The van der Waals surface area contributed by atoms with Gasteiger partial charge < -0.3 is 70.4 Å². The highest BCUT2D eigenvalue weighted by atomic mass is 16.3. The maximum atomic E-state index is 14.9. The number of guanidine groups is 1. The molecule has 2 aromatic rings. The van der Waals surface area contributed by atoms with Crippen molar-refractivity contribution in [1.29, 1.82) is 0 Å². The molecule has 23 heteroatoms. The van der Waals surface area contributed by atoms with Crippen molar-refractivity contribution >= 4 is 58.2 Å². The number of aliphatic hydroxyl groups is 1. The molecular formula is C42H61N15O8. The number of hydrazine groups is 2. The lowest BCUT2D eigenvalue weighted by Gasteiger charge is -2.33. The number of primary amides is 2. The Bertz CT molecular complexity index is 2220. The van der Waals surface area contributed by atoms with Crippen molar-refractivity contribution in [2.24, 2.45) is 45.5 Å². The third kappa shape index (κ3) is 12.8. The number of nitrogens with two attached hydrogens (primary N) is 5. The van der Waals surface area contributed by atoms with Crippen LogP contribution in [0.25, 0.3) is 10.9 Å². The molecule has 65 heavy (non-hydrogen) atoms. The molecule has 0 spiro atoms. The Kier molecular flexibility index (Phi) is 17.0. The van der Waals surface area contributed by atoms with E-state index < -0.39 is 102 Å². The van der Waals surface area contributed by atoms with Gasteiger partial charge in [-0.05, 0) is 42.9 Å². The van der Waals surface area contributed by atoms with E-state index >= 15 is 0 Å². The fraction of sp³-hybridized carbons (Fsp3) is 0.476. The van der Waals surface area contributed by atoms with Crippen LogP contribution in [-0.2, 0) is 40.0 Å². The number of benzene rings is 1. The number of aliphatic imine (C=N–C) groups is 1. The van der Waals surface area contributed by atoms with Gasteiger partial charge in [-0.25, -0.2) is 0 Å². The van der Waals surface area contributed by atoms with Crippen LogP contribution in [0.15, 0.2) is 71.3 Å². The van der Waals surface area contributed by atoms with Crippen LogP contribution in [0.1, 0.15) is 57.9 Å². The predicted octanol–water partition coefficient (Wildman–Crippen LogP) is -3.34. The number of allylic oxidation sites excluding steroid dienone is 3. The number of hydrogen-bond donors (Lipinski definition) is 13. The molecule has 5 rings (SSSR count). The molecule has 2 aliphatic heterocycles. The number of para-hydroxylation sites is 1. The van der Waals surface area contributed by atoms with Crippen molar-refractivity contribution in [2.45, 2.75) is 95.0 Å². The second kappa shape index (κ2) is 22.6. The Labute approximate surface area is 375 Å². The molecule has 7 amide bonds. The minimum Gasteiger partial charge on any atom is -0.394 e. The van der Waals surface area contributed by atoms with Gasteiger partial charge in [0.25, 0.3) is 0 Å². The first-order valence-electron chi connectivity index (χ1n) is 21.5. The van der Waals surface area contributed by atoms with Gasteiger partial charge in [0.2, 0.25) is 41.4 Å². The van der Waals surface area contributed by atoms with Crippen LogP contribution in [0.3, 0.4) is 0 Å². The van der Waals surface area contributed by atoms with Crippen LogP contribution in [0, 0.1) is 11.8 Å². The minimum absolute atomic E-state index is 0.00486. The third-order valence-corrected chi connectivity index (χ3v) is 11.7. The van der Waals surface area contributed by atoms with E-state index in [1.807, 2.05) is 48.7 Å². The molecule has 23 nitrogen and oxygen atoms in total. The van der Waals surface area contributed by atoms with Crippen LogP contribution in [0.5, 0.6) is 0 Å². The number of fused-ring (bicyclic) bond motifs is 1. The molecule has 18 N–H and O–H groups in total. The fourth-order valence-electron chi connectivity index (χ4n) is 7.79. The first kappa shape index (κ1) is 49.0. The van der Waals surface area contributed by atoms with Gasteiger partial charge in [0.05, 0.1) is 24.8 Å². The van der Waals surface area contributed by atoms with Crippen molar-refractivity contribution in [1.82, 2.24) is 47.1 Å². The number of aliphatic hydroxyl groups excluding tert-OH is 1. The number of H-pyrrole nitrogens is 1. The first-order valence-corrected chi connectivity index (χ1v) is 21.5. The molecule has 8 atom stereocenters. The van der Waals surface area contributed by atoms with Crippen LogP contribution < -0.4 is 60.9 Å². The van der Waals surface area contributed by atoms with E-state index in [0.29, 0.717) is 30.5 Å². The van der Waals surface area contributed by atoms with Gasteiger partial charge in [-0.2, -0.15) is 0 Å². The summed E-state index contributed by atoms with van der Waals surface area (Å²) in [6.07, 6.45) is 10.3. The summed E-state index contributed by atoms with van der Waals surface area (Å²) >= 11 is 0. The zero-order valence-electron chi connectivity index (χ0n) is 36.4. The van der Waals surface area contributed by atoms with E-state index in [0.717, 1.165) is 16.6 Å². The zero-order valence-corrected chi connectivity index (χ0v) is 36.4. The van der Waals surface area contributed by atoms with Gasteiger partial charge in [-0.15, -0.1) is 5.53 Å². The summed E-state index contributed by atoms with van der Waals surface area (Å²) in [5.74, 6) is -6.83. The van der Waals surface area contributed by atoms with Gasteiger partial charge in [0.1, 0.15) is 30.2 Å². The minimum atomic E-state index is -1.51. The lowest BCUT2D eigenvalue weighted by molar-refractivity contribution is -0.143. The number of likely N-dealkylation sites (tertiary alicyclic amines) is 1. The maximum absolute atomic E-state index is 14.9. The molecular weight excluding hydrogens is 843 g/mol. The van der Waals surface area contributed by atoms with E-state index in [4.69, 9.17) is 28.7 Å². The average Bonchev–Trinajstić information content (AvgIpc) is 4.12. The Balaban J connectivity index is 1.43. The van der Waals surface area contributed by atoms with Gasteiger partial charge in [-0.1, -0.05) is 50.6 Å². The molecule has 352 valence electrons. The SMILES string of the molecule is CC[C@H](C)[C@H](NC(=O)[C@H](CC(N)=O)NC(=O)[C@@H](N)CCCN=C(N)N)C(=O)N1CC(C2=CN(C3=CC=CC3)NN2)C[C@H]1C(=O)N[C@@H](Cc1c[nH]c2ccccc12)C(=O)N[C@@H](CO)C(N)=O. The topological polar surface area (TPSA) is 377 Å². The number of amides is 7. The summed E-state index contributed by atoms with van der Waals surface area (Å²) < 4.78 is 0. The maximum Gasteiger partial charge on any atom is 0.246 e. The summed E-state index contributed by atoms with van der Waals surface area (Å²) in [6, 6.07) is -0.534. The number of aromatic amines is 1. The van der Waals surface area contributed by atoms with E-state index in [9.17, 15) is 38.7 Å². The fourth-order valence-corrected chi connectivity index (χ4v) is 7.79. The number of carbonyl (C=O) groups excluding carboxylic acids is 7. The van der Waals surface area contributed by atoms with Gasteiger partial charge in [0, 0.05) is 60.8 Å². The number of hydrogen-bond acceptors (Lipinski definition) is 13. The Morgan fingerprint density at radius 2 is 1.68 bits per heavy atom. The lowest BCUT2D eigenvalue weighted by atomic mass is 9.96. The van der Waals surface area contributed by atoms with Crippen LogP contribution >= 0.6 is 0 Å². The molecule has 1 fully saturated rings. The Morgan fingerprint density at radius 3 is 2.34 bits per heavy atom. The summed E-state index contributed by atoms with van der Waals surface area (Å²) in [5, 5.41) is 22.8. The number of rotatable bonds is 23. The summed E-state index contributed by atoms with van der Waals surface area (Å²) in [7, 11) is 0. The van der Waals surface area contributed by atoms with Gasteiger partial charge in [-0.3, -0.25) is 43.6 Å². The summed E-state index contributed by atoms with van der Waals surface area (Å²) in [5.41, 5.74) is 37.0. The normalized spacial score (nSPS) is 19.4. The molecule has 1 aromatic carbocycles. The van der Waals surface area contributed by atoms with Gasteiger partial charge in [0.15, 0.2) is 5.96 Å². The predicted molar refractivity (Wildman–Crippen MR) is 239 cm³/mol. The summed E-state index contributed by atoms with van der Waals surface area (Å²) in [6.45, 7) is 2.94. The van der Waals surface area contributed by atoms with Crippen molar-refractivity contribution in [3.63, 3.8) is 0 Å². The van der Waals surface area contributed by atoms with Crippen molar-refractivity contribution in [3.05, 3.63) is 71.8 Å². The second-order valence-electron chi connectivity index (χ2n) is 16.4. The smallest absolute Gasteiger partial charge is 0.246 e. The average molecular weight is 904 g/mol. The molecule has 1 aliphatic carbocycles. The molecule has 3 heterocycles. The zero-order chi connectivity index (χ0) is 47.4. The van der Waals surface area contributed by atoms with E-state index in [-0.39, 0.29) is 38.3 Å². The van der Waals surface area contributed by atoms with E-state index in [2.05, 4.69) is 42.2 Å². The van der Waals surface area contributed by atoms with Crippen molar-refractivity contribution < 1.29 is 38.7 Å². The first-order chi connectivity index (χ1) is 31.0. The number of carbonyl (C=O) groups is 7. The van der Waals surface area contributed by atoms with Crippen LogP contribution in [0.4, 0.5) is 0 Å². The highest BCUT2D eigenvalue weighted by molar-refractivity contribution is 5.98. The molecule has 1 unspecified atom stereocenters. The third-order valence-electron chi connectivity index (χ3n) is 11.7. The number of aromatic nitrogens is 1. The van der Waals surface area contributed by atoms with E-state index in [1.165, 1.54) is 4.90 Å². The molecule has 1 aromatic heterocycles. The molecule has 1 saturated heterocycles. The van der Waals surface area contributed by atoms with Crippen molar-refractivity contribution in [3.8, 4) is 0 Å². The highest BCUT2D eigenvalue weighted by Gasteiger charge is 2.46. The van der Waals surface area contributed by atoms with Crippen LogP contribution in [0.2, 0.25) is 0 Å². The molecule has 3 aliphatic rings. The molecule has 0 saturated carbocycles. The van der Waals surface area contributed by atoms with Crippen LogP contribution in [-0.4, -0.2) is 123 Å². The molecule has 0 bridgehead atoms. The lowest BCUT2D eigenvalue weighted by Crippen LogP contribution is -2.61. The van der Waals surface area contributed by atoms with Gasteiger partial charge >= 0.3 is 0 Å². The quantitative estimate of drug-likeness (QED) is 0.0295. The largest absolute Gasteiger partial charge is 0.394 e. The summed E-state index contributed by atoms with van der Waals surface area (Å²) in [4.78, 5) is 103. The highest BCUT2D eigenvalue weighted by Crippen LogP contribution is 2.32. The standard InChI is InChI=1S/C42H61N15O8/c1-3-22(2)35(53-39(63)30(17-34(44)59)50-37(61)27(43)12-8-14-48-42(46)47)41(65)56-19-24(31-20-57(55-54-31)25-9-4-5-10-25)16-33(56)40(64)51-29(38(62)52-32(21-58)36(45)60)15-23-18-49-28-13-7-6-11-26(23)28/h4-7,9,11,13,18,20,22,24,27,29-30,32-33,35,49,54-55,58H,3,8,10,12,14-17,19,21,43H2,1-2H3,(H2,44,59)(H2,45,60)(H,50,61)(H,51,64)(H,52,62)(H,53,63)(H4,46,47,48)/t22-,24?,27-,29-,30-,32-,33-,35-/m0/s1. The van der Waals surface area contributed by atoms with E-state index in [1.54, 1.807) is 25.1 Å². The number of nitrogens with zero attached hydrogens (tertiary/aromatic N) is 3. The molecule has 0 radical (unpaired) electrons. The number of nitrogens with one attached hydrogen (secondary N) is 7. The Hall–Kier alpha value is -6.98. The monoisotopic (exact) mass is 903 g/mol. The van der Waals surface area contributed by atoms with Crippen molar-refractivity contribution in [2.75, 3.05) is 19.7 Å². The second-order valence-corrected chi connectivity index (χ2v) is 16.4. The Morgan fingerprint density at radius 1 is 0.954 bits per heavy atom.